The van der Waals surface area contributed by atoms with Crippen LogP contribution in [-0.4, -0.2) is 42.1 Å². The number of nitrogens with one attached hydrogen (secondary N) is 2. The first kappa shape index (κ1) is 18.0. The van der Waals surface area contributed by atoms with E-state index in [4.69, 9.17) is 0 Å². The van der Waals surface area contributed by atoms with Crippen molar-refractivity contribution < 1.29 is 10.0 Å². The second-order valence-corrected chi connectivity index (χ2v) is 6.73. The predicted octanol–water partition coefficient (Wildman–Crippen LogP) is 2.79. The molecular weight excluding hydrogens is 362 g/mol. The molecule has 0 bridgehead atoms. The Morgan fingerprint density at radius 3 is 2.75 bits per heavy atom. The fraction of sp³-hybridized carbons (Fsp3) is 0.333. The number of aliphatic hydroxyl groups is 1. The molecule has 0 saturated heterocycles. The molecule has 3 N–H and O–H groups in total. The number of fused-ring (bicyclic) bond motifs is 1. The molecule has 0 aliphatic heterocycles. The van der Waals surface area contributed by atoms with Crippen LogP contribution in [0.4, 0.5) is 23.1 Å². The zero-order chi connectivity index (χ0) is 19.5. The fourth-order valence-corrected chi connectivity index (χ4v) is 3.25. The van der Waals surface area contributed by atoms with Crippen LogP contribution in [0.15, 0.2) is 36.8 Å². The summed E-state index contributed by atoms with van der Waals surface area (Å²) in [5.74, 6) is 0.904. The summed E-state index contributed by atoms with van der Waals surface area (Å²) in [5.41, 5.74) is 1.60. The summed E-state index contributed by atoms with van der Waals surface area (Å²) in [5, 5.41) is 27.0. The summed E-state index contributed by atoms with van der Waals surface area (Å²) in [7, 11) is 0. The Morgan fingerprint density at radius 1 is 1.14 bits per heavy atom. The molecule has 3 aromatic rings. The molecule has 28 heavy (non-hydrogen) atoms. The second-order valence-electron chi connectivity index (χ2n) is 6.73. The molecule has 4 rings (SSSR count). The lowest BCUT2D eigenvalue weighted by atomic mass is 9.93. The average molecular weight is 381 g/mol. The van der Waals surface area contributed by atoms with Gasteiger partial charge in [0.15, 0.2) is 5.82 Å². The summed E-state index contributed by atoms with van der Waals surface area (Å²) >= 11 is 0. The zero-order valence-electron chi connectivity index (χ0n) is 14.9. The third kappa shape index (κ3) is 3.96. The van der Waals surface area contributed by atoms with Crippen molar-refractivity contribution in [1.29, 1.82) is 0 Å². The Bertz CT molecular complexity index is 1010. The van der Waals surface area contributed by atoms with Crippen molar-refractivity contribution in [1.82, 2.24) is 19.9 Å². The van der Waals surface area contributed by atoms with Crippen LogP contribution >= 0.6 is 0 Å². The van der Waals surface area contributed by atoms with Crippen LogP contribution < -0.4 is 10.6 Å². The largest absolute Gasteiger partial charge is 0.393 e. The van der Waals surface area contributed by atoms with Crippen molar-refractivity contribution >= 4 is 34.2 Å². The van der Waals surface area contributed by atoms with Gasteiger partial charge in [0.05, 0.1) is 17.2 Å². The number of nitrogens with zero attached hydrogens (tertiary/aromatic N) is 5. The third-order valence-electron chi connectivity index (χ3n) is 4.73. The molecule has 144 valence electrons. The highest BCUT2D eigenvalue weighted by Crippen LogP contribution is 2.25. The number of anilines is 3. The lowest BCUT2D eigenvalue weighted by Gasteiger charge is -2.26. The number of nitro benzene ring substituents is 1. The Balaban J connectivity index is 1.60. The highest BCUT2D eigenvalue weighted by atomic mass is 16.6. The molecule has 0 radical (unpaired) electrons. The number of rotatable bonds is 5. The molecule has 0 unspecified atom stereocenters. The quantitative estimate of drug-likeness (QED) is 0.449. The van der Waals surface area contributed by atoms with Crippen molar-refractivity contribution in [3.63, 3.8) is 0 Å². The first-order chi connectivity index (χ1) is 13.6. The van der Waals surface area contributed by atoms with Gasteiger partial charge in [0.1, 0.15) is 17.4 Å². The summed E-state index contributed by atoms with van der Waals surface area (Å²) < 4.78 is 0. The van der Waals surface area contributed by atoms with Gasteiger partial charge in [-0.15, -0.1) is 0 Å². The van der Waals surface area contributed by atoms with E-state index in [-0.39, 0.29) is 17.8 Å². The van der Waals surface area contributed by atoms with Crippen molar-refractivity contribution in [2.75, 3.05) is 10.6 Å². The van der Waals surface area contributed by atoms with Gasteiger partial charge in [-0.2, -0.15) is 0 Å². The number of non-ortho nitro benzene ring substituents is 1. The molecule has 1 aromatic carbocycles. The number of aromatic nitrogens is 4. The standard InChI is InChI=1S/C18H19N7O3/c26-14-6-4-11(5-7-14)23-18-19-9-15-16(24-18)17(21-10-20-15)22-12-2-1-3-13(8-12)25(27)28/h1-3,8-11,14,26H,4-7H2,(H,19,23,24)(H,20,21,22)/t11-,14-. The van der Waals surface area contributed by atoms with Gasteiger partial charge < -0.3 is 15.7 Å². The zero-order valence-corrected chi connectivity index (χ0v) is 14.9. The Labute approximate surface area is 160 Å². The van der Waals surface area contributed by atoms with E-state index in [9.17, 15) is 15.2 Å². The van der Waals surface area contributed by atoms with E-state index in [2.05, 4.69) is 30.6 Å². The molecule has 1 aliphatic carbocycles. The molecule has 2 heterocycles. The van der Waals surface area contributed by atoms with E-state index in [0.29, 0.717) is 28.5 Å². The van der Waals surface area contributed by atoms with E-state index < -0.39 is 4.92 Å². The van der Waals surface area contributed by atoms with Gasteiger partial charge in [0.25, 0.3) is 5.69 Å². The van der Waals surface area contributed by atoms with Crippen molar-refractivity contribution in [3.05, 3.63) is 46.9 Å². The molecule has 0 atom stereocenters. The molecular formula is C18H19N7O3. The number of hydrogen-bond acceptors (Lipinski definition) is 9. The molecule has 2 aromatic heterocycles. The summed E-state index contributed by atoms with van der Waals surface area (Å²) in [6.07, 6.45) is 6.00. The van der Waals surface area contributed by atoms with E-state index in [1.165, 1.54) is 18.5 Å². The molecule has 1 aliphatic rings. The van der Waals surface area contributed by atoms with Crippen LogP contribution in [0.1, 0.15) is 25.7 Å². The summed E-state index contributed by atoms with van der Waals surface area (Å²) in [4.78, 5) is 27.8. The highest BCUT2D eigenvalue weighted by molar-refractivity contribution is 5.87. The van der Waals surface area contributed by atoms with Crippen LogP contribution in [0.3, 0.4) is 0 Å². The Hall–Kier alpha value is -3.40. The maximum absolute atomic E-state index is 11.0. The Morgan fingerprint density at radius 2 is 1.96 bits per heavy atom. The van der Waals surface area contributed by atoms with Crippen LogP contribution in [0, 0.1) is 10.1 Å². The van der Waals surface area contributed by atoms with E-state index >= 15 is 0 Å². The Kier molecular flexibility index (Phi) is 4.94. The van der Waals surface area contributed by atoms with Gasteiger partial charge in [-0.05, 0) is 31.7 Å². The van der Waals surface area contributed by atoms with Crippen LogP contribution in [0.25, 0.3) is 11.0 Å². The number of hydrogen-bond donors (Lipinski definition) is 3. The number of aliphatic hydroxyl groups excluding tert-OH is 1. The summed E-state index contributed by atoms with van der Waals surface area (Å²) in [6, 6.07) is 6.38. The van der Waals surface area contributed by atoms with Gasteiger partial charge in [0, 0.05) is 23.9 Å². The van der Waals surface area contributed by atoms with Crippen molar-refractivity contribution in [2.45, 2.75) is 37.8 Å². The van der Waals surface area contributed by atoms with Gasteiger partial charge in [-0.1, -0.05) is 6.07 Å². The summed E-state index contributed by atoms with van der Waals surface area (Å²) in [6.45, 7) is 0. The minimum absolute atomic E-state index is 0.0140. The van der Waals surface area contributed by atoms with E-state index in [1.807, 2.05) is 0 Å². The smallest absolute Gasteiger partial charge is 0.271 e. The molecule has 10 heteroatoms. The highest BCUT2D eigenvalue weighted by Gasteiger charge is 2.20. The van der Waals surface area contributed by atoms with Crippen LogP contribution in [-0.2, 0) is 0 Å². The minimum Gasteiger partial charge on any atom is -0.393 e. The number of benzene rings is 1. The van der Waals surface area contributed by atoms with Crippen LogP contribution in [0.5, 0.6) is 0 Å². The van der Waals surface area contributed by atoms with Gasteiger partial charge >= 0.3 is 0 Å². The third-order valence-corrected chi connectivity index (χ3v) is 4.73. The maximum atomic E-state index is 11.0. The molecule has 1 saturated carbocycles. The topological polar surface area (TPSA) is 139 Å². The second kappa shape index (κ2) is 7.69. The van der Waals surface area contributed by atoms with Crippen molar-refractivity contribution in [2.24, 2.45) is 0 Å². The predicted molar refractivity (Wildman–Crippen MR) is 103 cm³/mol. The van der Waals surface area contributed by atoms with Crippen LogP contribution in [0.2, 0.25) is 0 Å². The fourth-order valence-electron chi connectivity index (χ4n) is 3.25. The molecule has 0 amide bonds. The molecule has 0 spiro atoms. The first-order valence-electron chi connectivity index (χ1n) is 9.02. The van der Waals surface area contributed by atoms with Gasteiger partial charge in [-0.25, -0.2) is 19.9 Å². The normalized spacial score (nSPS) is 19.3. The minimum atomic E-state index is -0.450. The van der Waals surface area contributed by atoms with Gasteiger partial charge in [-0.3, -0.25) is 10.1 Å². The average Bonchev–Trinajstić information content (AvgIpc) is 2.70. The van der Waals surface area contributed by atoms with Crippen molar-refractivity contribution in [3.8, 4) is 0 Å². The first-order valence-corrected chi connectivity index (χ1v) is 9.02. The lowest BCUT2D eigenvalue weighted by Crippen LogP contribution is -2.28. The van der Waals surface area contributed by atoms with E-state index in [1.54, 1.807) is 18.3 Å². The maximum Gasteiger partial charge on any atom is 0.271 e. The number of nitro groups is 1. The molecule has 10 nitrogen and oxygen atoms in total. The lowest BCUT2D eigenvalue weighted by molar-refractivity contribution is -0.384. The monoisotopic (exact) mass is 381 g/mol. The van der Waals surface area contributed by atoms with E-state index in [0.717, 1.165) is 25.7 Å². The van der Waals surface area contributed by atoms with Gasteiger partial charge in [0.2, 0.25) is 5.95 Å². The SMILES string of the molecule is O=[N+]([O-])c1cccc(Nc2ncnc3cnc(N[C@H]4CC[C@H](O)CC4)nc23)c1. The molecule has 1 fully saturated rings.